The average Bonchev–Trinajstić information content (AvgIpc) is 2.70. The molecule has 6 nitrogen and oxygen atoms in total. The summed E-state index contributed by atoms with van der Waals surface area (Å²) in [6.45, 7) is 4.27. The third-order valence-electron chi connectivity index (χ3n) is 5.55. The van der Waals surface area contributed by atoms with E-state index in [0.717, 1.165) is 42.0 Å². The van der Waals surface area contributed by atoms with Crippen molar-refractivity contribution >= 4 is 11.0 Å². The van der Waals surface area contributed by atoms with Gasteiger partial charge in [-0.1, -0.05) is 0 Å². The standard InChI is InChI=1S/C22H23NO5/c1-13-18(24)5-4-17-16(10-21(25)28-22(13)17)12-23-7-6-14-8-19(26-2)20(27-3)9-15(14)11-23/h4-5,8-10,24H,6-7,11-12H2,1-3H3/p+1. The molecule has 0 radical (unpaired) electrons. The number of rotatable bonds is 4. The van der Waals surface area contributed by atoms with Crippen LogP contribution in [0.15, 0.2) is 39.5 Å². The molecule has 0 saturated heterocycles. The molecule has 1 unspecified atom stereocenters. The van der Waals surface area contributed by atoms with E-state index in [1.807, 2.05) is 12.1 Å². The third kappa shape index (κ3) is 3.20. The number of ether oxygens (including phenoxy) is 2. The molecule has 0 bridgehead atoms. The third-order valence-corrected chi connectivity index (χ3v) is 5.55. The van der Waals surface area contributed by atoms with Crippen LogP contribution in [0.25, 0.3) is 11.0 Å². The summed E-state index contributed by atoms with van der Waals surface area (Å²) in [4.78, 5) is 13.4. The Balaban J connectivity index is 1.67. The van der Waals surface area contributed by atoms with Crippen molar-refractivity contribution in [1.82, 2.24) is 0 Å². The van der Waals surface area contributed by atoms with Gasteiger partial charge in [-0.15, -0.1) is 0 Å². The van der Waals surface area contributed by atoms with Gasteiger partial charge in [-0.25, -0.2) is 4.79 Å². The predicted molar refractivity (Wildman–Crippen MR) is 105 cm³/mol. The first-order chi connectivity index (χ1) is 13.5. The van der Waals surface area contributed by atoms with Gasteiger partial charge in [0.25, 0.3) is 0 Å². The van der Waals surface area contributed by atoms with E-state index in [-0.39, 0.29) is 11.4 Å². The molecular weight excluding hydrogens is 358 g/mol. The number of nitrogens with one attached hydrogen (secondary N) is 1. The summed E-state index contributed by atoms with van der Waals surface area (Å²) in [5, 5.41) is 10.8. The van der Waals surface area contributed by atoms with E-state index in [4.69, 9.17) is 13.9 Å². The fourth-order valence-corrected chi connectivity index (χ4v) is 4.01. The summed E-state index contributed by atoms with van der Waals surface area (Å²) in [6, 6.07) is 9.15. The van der Waals surface area contributed by atoms with Crippen molar-refractivity contribution in [3.05, 3.63) is 63.0 Å². The Morgan fingerprint density at radius 2 is 1.82 bits per heavy atom. The molecule has 146 valence electrons. The molecule has 3 aromatic rings. The minimum Gasteiger partial charge on any atom is -0.508 e. The number of hydrogen-bond donors (Lipinski definition) is 2. The first-order valence-electron chi connectivity index (χ1n) is 9.32. The molecule has 2 aromatic carbocycles. The van der Waals surface area contributed by atoms with Gasteiger partial charge in [0.05, 0.1) is 20.8 Å². The lowest BCUT2D eigenvalue weighted by molar-refractivity contribution is -0.929. The summed E-state index contributed by atoms with van der Waals surface area (Å²) in [5.41, 5.74) is 4.12. The first kappa shape index (κ1) is 18.4. The van der Waals surface area contributed by atoms with Gasteiger partial charge < -0.3 is 23.9 Å². The molecule has 1 aliphatic rings. The number of aromatic hydroxyl groups is 1. The number of benzene rings is 2. The van der Waals surface area contributed by atoms with Crippen molar-refractivity contribution in [1.29, 1.82) is 0 Å². The van der Waals surface area contributed by atoms with Crippen LogP contribution in [0.5, 0.6) is 17.2 Å². The number of fused-ring (bicyclic) bond motifs is 2. The van der Waals surface area contributed by atoms with Crippen LogP contribution in [0.2, 0.25) is 0 Å². The maximum atomic E-state index is 12.1. The van der Waals surface area contributed by atoms with Gasteiger partial charge in [0, 0.05) is 34.6 Å². The van der Waals surface area contributed by atoms with Gasteiger partial charge in [-0.05, 0) is 36.8 Å². The smallest absolute Gasteiger partial charge is 0.336 e. The van der Waals surface area contributed by atoms with Crippen LogP contribution in [-0.2, 0) is 19.5 Å². The maximum Gasteiger partial charge on any atom is 0.336 e. The van der Waals surface area contributed by atoms with Gasteiger partial charge >= 0.3 is 5.63 Å². The van der Waals surface area contributed by atoms with E-state index in [0.29, 0.717) is 17.7 Å². The van der Waals surface area contributed by atoms with E-state index in [1.54, 1.807) is 33.3 Å². The quantitative estimate of drug-likeness (QED) is 0.675. The Labute approximate surface area is 162 Å². The van der Waals surface area contributed by atoms with Crippen molar-refractivity contribution in [2.45, 2.75) is 26.4 Å². The van der Waals surface area contributed by atoms with Crippen LogP contribution in [0.1, 0.15) is 22.3 Å². The van der Waals surface area contributed by atoms with Crippen LogP contribution < -0.4 is 20.0 Å². The van der Waals surface area contributed by atoms with Crippen LogP contribution in [0.4, 0.5) is 0 Å². The minimum atomic E-state index is -0.389. The molecule has 0 spiro atoms. The molecular formula is C22H24NO5+. The van der Waals surface area contributed by atoms with E-state index in [2.05, 4.69) is 6.07 Å². The lowest BCUT2D eigenvalue weighted by atomic mass is 9.98. The lowest BCUT2D eigenvalue weighted by Gasteiger charge is -2.27. The Hall–Kier alpha value is -2.99. The molecule has 1 aromatic heterocycles. The fourth-order valence-electron chi connectivity index (χ4n) is 4.01. The molecule has 2 N–H and O–H groups in total. The number of methoxy groups -OCH3 is 2. The second kappa shape index (κ2) is 7.20. The Kier molecular flexibility index (Phi) is 4.73. The highest BCUT2D eigenvalue weighted by atomic mass is 16.5. The largest absolute Gasteiger partial charge is 0.508 e. The van der Waals surface area contributed by atoms with Crippen molar-refractivity contribution in [2.75, 3.05) is 20.8 Å². The summed E-state index contributed by atoms with van der Waals surface area (Å²) < 4.78 is 16.2. The molecule has 28 heavy (non-hydrogen) atoms. The lowest BCUT2D eigenvalue weighted by Crippen LogP contribution is -3.10. The highest BCUT2D eigenvalue weighted by Gasteiger charge is 2.23. The van der Waals surface area contributed by atoms with Gasteiger partial charge in [0.2, 0.25) is 0 Å². The zero-order valence-corrected chi connectivity index (χ0v) is 16.3. The van der Waals surface area contributed by atoms with E-state index >= 15 is 0 Å². The highest BCUT2D eigenvalue weighted by molar-refractivity contribution is 5.84. The van der Waals surface area contributed by atoms with Gasteiger partial charge in [-0.2, -0.15) is 0 Å². The fraction of sp³-hybridized carbons (Fsp3) is 0.318. The molecule has 0 saturated carbocycles. The second-order valence-corrected chi connectivity index (χ2v) is 7.26. The van der Waals surface area contributed by atoms with E-state index < -0.39 is 0 Å². The van der Waals surface area contributed by atoms with Crippen molar-refractivity contribution < 1.29 is 23.9 Å². The van der Waals surface area contributed by atoms with E-state index in [9.17, 15) is 9.90 Å². The van der Waals surface area contributed by atoms with Crippen molar-refractivity contribution in [2.24, 2.45) is 0 Å². The monoisotopic (exact) mass is 382 g/mol. The van der Waals surface area contributed by atoms with Crippen molar-refractivity contribution in [3.8, 4) is 17.2 Å². The normalized spacial score (nSPS) is 16.0. The Bertz CT molecular complexity index is 1100. The van der Waals surface area contributed by atoms with Gasteiger partial charge in [0.1, 0.15) is 24.4 Å². The highest BCUT2D eigenvalue weighted by Crippen LogP contribution is 2.31. The summed E-state index contributed by atoms with van der Waals surface area (Å²) in [7, 11) is 3.29. The number of hydrogen-bond acceptors (Lipinski definition) is 5. The van der Waals surface area contributed by atoms with Crippen LogP contribution >= 0.6 is 0 Å². The molecule has 1 aliphatic heterocycles. The zero-order chi connectivity index (χ0) is 19.8. The molecule has 0 amide bonds. The molecule has 1 atom stereocenters. The van der Waals surface area contributed by atoms with Crippen molar-refractivity contribution in [3.63, 3.8) is 0 Å². The summed E-state index contributed by atoms with van der Waals surface area (Å²) in [5.74, 6) is 1.62. The summed E-state index contributed by atoms with van der Waals surface area (Å²) in [6.07, 6.45) is 0.935. The predicted octanol–water partition coefficient (Wildman–Crippen LogP) is 1.97. The van der Waals surface area contributed by atoms with E-state index in [1.165, 1.54) is 16.0 Å². The Morgan fingerprint density at radius 3 is 2.54 bits per heavy atom. The van der Waals surface area contributed by atoms with Gasteiger partial charge in [-0.3, -0.25) is 0 Å². The number of aryl methyl sites for hydroxylation is 1. The molecule has 2 heterocycles. The number of phenolic OH excluding ortho intramolecular Hbond substituents is 1. The summed E-state index contributed by atoms with van der Waals surface area (Å²) >= 11 is 0. The van der Waals surface area contributed by atoms with Crippen LogP contribution in [0, 0.1) is 6.92 Å². The molecule has 6 heteroatoms. The molecule has 0 aliphatic carbocycles. The molecule has 4 rings (SSSR count). The minimum absolute atomic E-state index is 0.132. The van der Waals surface area contributed by atoms with Gasteiger partial charge in [0.15, 0.2) is 11.5 Å². The Morgan fingerprint density at radius 1 is 1.11 bits per heavy atom. The second-order valence-electron chi connectivity index (χ2n) is 7.26. The maximum absolute atomic E-state index is 12.1. The number of quaternary nitrogens is 1. The average molecular weight is 382 g/mol. The SMILES string of the molecule is COc1cc2c(cc1OC)C[NH+](Cc1cc(=O)oc3c(C)c(O)ccc13)CC2. The zero-order valence-electron chi connectivity index (χ0n) is 16.3. The molecule has 0 fully saturated rings. The van der Waals surface area contributed by atoms with Crippen LogP contribution in [0.3, 0.4) is 0 Å². The number of phenols is 1. The first-order valence-corrected chi connectivity index (χ1v) is 9.32. The van der Waals surface area contributed by atoms with Crippen LogP contribution in [-0.4, -0.2) is 25.9 Å². The topological polar surface area (TPSA) is 73.3 Å².